The first-order valence-corrected chi connectivity index (χ1v) is 7.73. The molecule has 3 heterocycles. The Kier molecular flexibility index (Phi) is 3.39. The summed E-state index contributed by atoms with van der Waals surface area (Å²) in [4.78, 5) is 0.738. The standard InChI is InChI=1S/C16H12N4O2S/c1-21-13-5-2-4-11(10-13)15-17-18-16-20(15)19-14(23-16)8-7-12-6-3-9-22-12/h2-10H,1H3/b8-7+. The van der Waals surface area contributed by atoms with Crippen molar-refractivity contribution in [2.75, 3.05) is 7.11 Å². The first-order chi connectivity index (χ1) is 11.3. The molecule has 0 aliphatic carbocycles. The van der Waals surface area contributed by atoms with Crippen LogP contribution in [0.1, 0.15) is 10.8 Å². The number of hydrogen-bond acceptors (Lipinski definition) is 6. The van der Waals surface area contributed by atoms with Crippen LogP contribution in [0.5, 0.6) is 5.75 Å². The molecule has 1 aromatic carbocycles. The van der Waals surface area contributed by atoms with Gasteiger partial charge in [0.25, 0.3) is 0 Å². The largest absolute Gasteiger partial charge is 0.497 e. The third-order valence-corrected chi connectivity index (χ3v) is 4.13. The van der Waals surface area contributed by atoms with E-state index in [0.29, 0.717) is 5.82 Å². The van der Waals surface area contributed by atoms with Crippen molar-refractivity contribution in [3.8, 4) is 17.1 Å². The zero-order valence-electron chi connectivity index (χ0n) is 12.2. The molecule has 3 aromatic heterocycles. The molecule has 23 heavy (non-hydrogen) atoms. The molecule has 0 aliphatic heterocycles. The van der Waals surface area contributed by atoms with Gasteiger partial charge in [-0.05, 0) is 36.4 Å². The molecular formula is C16H12N4O2S. The van der Waals surface area contributed by atoms with Crippen molar-refractivity contribution >= 4 is 28.4 Å². The molecule has 114 valence electrons. The average Bonchev–Trinajstić information content (AvgIpc) is 3.29. The Hall–Kier alpha value is -2.93. The fraction of sp³-hybridized carbons (Fsp3) is 0.0625. The number of furan rings is 1. The fourth-order valence-electron chi connectivity index (χ4n) is 2.18. The fourth-order valence-corrected chi connectivity index (χ4v) is 2.92. The summed E-state index contributed by atoms with van der Waals surface area (Å²) in [5.74, 6) is 2.24. The monoisotopic (exact) mass is 324 g/mol. The van der Waals surface area contributed by atoms with E-state index in [2.05, 4.69) is 15.3 Å². The highest BCUT2D eigenvalue weighted by atomic mass is 32.1. The summed E-state index contributed by atoms with van der Waals surface area (Å²) in [7, 11) is 1.64. The second-order valence-electron chi connectivity index (χ2n) is 4.74. The van der Waals surface area contributed by atoms with Crippen molar-refractivity contribution in [3.63, 3.8) is 0 Å². The van der Waals surface area contributed by atoms with Crippen molar-refractivity contribution < 1.29 is 9.15 Å². The molecule has 0 saturated carbocycles. The molecule has 4 rings (SSSR count). The summed E-state index contributed by atoms with van der Waals surface area (Å²) >= 11 is 1.46. The van der Waals surface area contributed by atoms with Crippen LogP contribution in [0.25, 0.3) is 28.5 Å². The van der Waals surface area contributed by atoms with Gasteiger partial charge in [0.15, 0.2) is 5.82 Å². The summed E-state index contributed by atoms with van der Waals surface area (Å²) in [6.07, 6.45) is 5.41. The zero-order valence-corrected chi connectivity index (χ0v) is 13.0. The van der Waals surface area contributed by atoms with Gasteiger partial charge in [-0.1, -0.05) is 23.5 Å². The van der Waals surface area contributed by atoms with Gasteiger partial charge in [0, 0.05) is 5.56 Å². The predicted octanol–water partition coefficient (Wildman–Crippen LogP) is 3.62. The van der Waals surface area contributed by atoms with Crippen LogP contribution < -0.4 is 4.74 Å². The Bertz CT molecular complexity index is 969. The number of aromatic nitrogens is 4. The van der Waals surface area contributed by atoms with Gasteiger partial charge in [-0.3, -0.25) is 0 Å². The smallest absolute Gasteiger partial charge is 0.235 e. The van der Waals surface area contributed by atoms with E-state index in [0.717, 1.165) is 27.0 Å². The van der Waals surface area contributed by atoms with Crippen LogP contribution in [-0.2, 0) is 0 Å². The molecule has 0 aliphatic rings. The molecule has 0 spiro atoms. The van der Waals surface area contributed by atoms with Crippen LogP contribution >= 0.6 is 11.3 Å². The van der Waals surface area contributed by atoms with E-state index >= 15 is 0 Å². The number of rotatable bonds is 4. The minimum Gasteiger partial charge on any atom is -0.497 e. The van der Waals surface area contributed by atoms with Crippen LogP contribution in [0.3, 0.4) is 0 Å². The summed E-state index contributed by atoms with van der Waals surface area (Å²) in [5, 5.41) is 13.8. The molecule has 0 bridgehead atoms. The number of fused-ring (bicyclic) bond motifs is 1. The lowest BCUT2D eigenvalue weighted by molar-refractivity contribution is 0.415. The van der Waals surface area contributed by atoms with Gasteiger partial charge in [-0.2, -0.15) is 9.61 Å². The summed E-state index contributed by atoms with van der Waals surface area (Å²) in [5.41, 5.74) is 0.906. The maximum Gasteiger partial charge on any atom is 0.235 e. The number of hydrogen-bond donors (Lipinski definition) is 0. The summed E-state index contributed by atoms with van der Waals surface area (Å²) < 4.78 is 12.3. The quantitative estimate of drug-likeness (QED) is 0.573. The van der Waals surface area contributed by atoms with Crippen molar-refractivity contribution in [2.24, 2.45) is 0 Å². The summed E-state index contributed by atoms with van der Waals surface area (Å²) in [6.45, 7) is 0. The average molecular weight is 324 g/mol. The topological polar surface area (TPSA) is 65.5 Å². The molecule has 7 heteroatoms. The second kappa shape index (κ2) is 5.69. The molecular weight excluding hydrogens is 312 g/mol. The molecule has 6 nitrogen and oxygen atoms in total. The Balaban J connectivity index is 1.71. The minimum absolute atomic E-state index is 0.688. The molecule has 0 radical (unpaired) electrons. The van der Waals surface area contributed by atoms with Gasteiger partial charge in [0.2, 0.25) is 4.96 Å². The van der Waals surface area contributed by atoms with E-state index < -0.39 is 0 Å². The third kappa shape index (κ3) is 2.62. The first kappa shape index (κ1) is 13.7. The van der Waals surface area contributed by atoms with Crippen molar-refractivity contribution in [2.45, 2.75) is 0 Å². The van der Waals surface area contributed by atoms with Crippen molar-refractivity contribution in [1.82, 2.24) is 19.8 Å². The minimum atomic E-state index is 0.688. The molecule has 0 saturated heterocycles. The van der Waals surface area contributed by atoms with Crippen molar-refractivity contribution in [3.05, 3.63) is 53.4 Å². The normalized spacial score (nSPS) is 11.5. The maximum absolute atomic E-state index is 5.27. The van der Waals surface area contributed by atoms with E-state index in [-0.39, 0.29) is 0 Å². The van der Waals surface area contributed by atoms with Crippen LogP contribution in [0.2, 0.25) is 0 Å². The summed E-state index contributed by atoms with van der Waals surface area (Å²) in [6, 6.07) is 11.4. The number of benzene rings is 1. The highest BCUT2D eigenvalue weighted by molar-refractivity contribution is 7.17. The lowest BCUT2D eigenvalue weighted by atomic mass is 10.2. The van der Waals surface area contributed by atoms with E-state index in [1.165, 1.54) is 11.3 Å². The molecule has 0 N–H and O–H groups in total. The van der Waals surface area contributed by atoms with Crippen LogP contribution in [0, 0.1) is 0 Å². The predicted molar refractivity (Wildman–Crippen MR) is 88.3 cm³/mol. The van der Waals surface area contributed by atoms with E-state index in [9.17, 15) is 0 Å². The number of ether oxygens (including phenoxy) is 1. The SMILES string of the molecule is COc1cccc(-c2nnc3sc(/C=C/c4ccco4)nn23)c1. The van der Waals surface area contributed by atoms with Gasteiger partial charge >= 0.3 is 0 Å². The third-order valence-electron chi connectivity index (χ3n) is 3.27. The van der Waals surface area contributed by atoms with Crippen LogP contribution in [-0.4, -0.2) is 26.9 Å². The highest BCUT2D eigenvalue weighted by Crippen LogP contribution is 2.25. The molecule has 4 aromatic rings. The number of methoxy groups -OCH3 is 1. The van der Waals surface area contributed by atoms with Gasteiger partial charge in [0.1, 0.15) is 16.5 Å². The van der Waals surface area contributed by atoms with Crippen molar-refractivity contribution in [1.29, 1.82) is 0 Å². The molecule has 0 amide bonds. The lowest BCUT2D eigenvalue weighted by Crippen LogP contribution is -1.91. The Morgan fingerprint density at radius 2 is 2.13 bits per heavy atom. The molecule has 0 atom stereocenters. The Morgan fingerprint density at radius 3 is 2.96 bits per heavy atom. The van der Waals surface area contributed by atoms with E-state index in [1.807, 2.05) is 48.6 Å². The van der Waals surface area contributed by atoms with E-state index in [1.54, 1.807) is 17.9 Å². The van der Waals surface area contributed by atoms with Gasteiger partial charge in [0.05, 0.1) is 13.4 Å². The van der Waals surface area contributed by atoms with Gasteiger partial charge in [-0.25, -0.2) is 0 Å². The van der Waals surface area contributed by atoms with Gasteiger partial charge in [-0.15, -0.1) is 10.2 Å². The lowest BCUT2D eigenvalue weighted by Gasteiger charge is -2.01. The number of nitrogens with zero attached hydrogens (tertiary/aromatic N) is 4. The molecule has 0 fully saturated rings. The Labute approximate surface area is 135 Å². The Morgan fingerprint density at radius 1 is 1.17 bits per heavy atom. The van der Waals surface area contributed by atoms with Crippen LogP contribution in [0.4, 0.5) is 0 Å². The molecule has 0 unspecified atom stereocenters. The van der Waals surface area contributed by atoms with Crippen LogP contribution in [0.15, 0.2) is 47.1 Å². The van der Waals surface area contributed by atoms with E-state index in [4.69, 9.17) is 9.15 Å². The maximum atomic E-state index is 5.27. The highest BCUT2D eigenvalue weighted by Gasteiger charge is 2.12. The first-order valence-electron chi connectivity index (χ1n) is 6.92. The van der Waals surface area contributed by atoms with Gasteiger partial charge < -0.3 is 9.15 Å². The zero-order chi connectivity index (χ0) is 15.6. The second-order valence-corrected chi connectivity index (χ2v) is 5.73.